The molecule has 1 unspecified atom stereocenters. The van der Waals surface area contributed by atoms with E-state index in [-0.39, 0.29) is 0 Å². The van der Waals surface area contributed by atoms with Gasteiger partial charge in [0.1, 0.15) is 24.4 Å². The minimum atomic E-state index is -4.92. The van der Waals surface area contributed by atoms with Crippen molar-refractivity contribution in [2.24, 2.45) is 0 Å². The van der Waals surface area contributed by atoms with Gasteiger partial charge in [-0.05, 0) is 0 Å². The number of aliphatic hydroxyl groups excluding tert-OH is 2. The third-order valence-electron chi connectivity index (χ3n) is 3.05. The zero-order valence-corrected chi connectivity index (χ0v) is 12.3. The van der Waals surface area contributed by atoms with Crippen molar-refractivity contribution >= 4 is 19.5 Å². The maximum absolute atomic E-state index is 11.6. The number of Topliss-reactive ketones (excluding diaryl/α,β-unsaturated/α-hetero) is 1. The van der Waals surface area contributed by atoms with Crippen molar-refractivity contribution in [1.29, 1.82) is 0 Å². The number of ketones is 1. The van der Waals surface area contributed by atoms with E-state index >= 15 is 0 Å². The fourth-order valence-corrected chi connectivity index (χ4v) is 2.33. The van der Waals surface area contributed by atoms with Crippen LogP contribution in [0.2, 0.25) is 0 Å². The van der Waals surface area contributed by atoms with Gasteiger partial charge in [-0.25, -0.2) is 4.57 Å². The van der Waals surface area contributed by atoms with Crippen LogP contribution in [-0.2, 0) is 23.4 Å². The van der Waals surface area contributed by atoms with Crippen molar-refractivity contribution in [3.63, 3.8) is 0 Å². The van der Waals surface area contributed by atoms with Gasteiger partial charge in [0.05, 0.1) is 6.61 Å². The fraction of sp³-hybridized carbons (Fsp3) is 0.800. The second-order valence-corrected chi connectivity index (χ2v) is 5.96. The summed E-state index contributed by atoms with van der Waals surface area (Å²) in [4.78, 5) is 40.2. The zero-order valence-electron chi connectivity index (χ0n) is 12.4. The number of hydrogen-bond acceptors (Lipinski definition) is 8. The maximum atomic E-state index is 11.6. The van der Waals surface area contributed by atoms with Gasteiger partial charge in [0.25, 0.3) is 0 Å². The van der Waals surface area contributed by atoms with E-state index in [1.165, 1.54) is 0 Å². The monoisotopic (exact) mass is 344 g/mol. The number of rotatable bonds is 5. The molecule has 0 bridgehead atoms. The van der Waals surface area contributed by atoms with Crippen LogP contribution in [0.25, 0.3) is 0 Å². The molecule has 0 spiro atoms. The Labute approximate surface area is 126 Å². The van der Waals surface area contributed by atoms with Crippen LogP contribution in [0, 0.1) is 0 Å². The number of nitrogens with one attached hydrogen (secondary N) is 1. The summed E-state index contributed by atoms with van der Waals surface area (Å²) in [5.41, 5.74) is 0. The molecule has 0 radical (unpaired) electrons. The summed E-state index contributed by atoms with van der Waals surface area (Å²) in [5, 5.41) is 32.1. The van der Waals surface area contributed by atoms with Gasteiger partial charge in [-0.15, -0.1) is 0 Å². The van der Waals surface area contributed by atoms with Crippen molar-refractivity contribution in [3.05, 3.63) is 0 Å². The van der Waals surface area contributed by atoms with E-state index < -0.39 is 63.2 Å². The van der Waals surface area contributed by atoms with Gasteiger partial charge in [0.2, 0.25) is 11.7 Å². The largest absolute Gasteiger partial charge is 0.469 e. The number of aliphatic hydroxyl groups is 3. The highest BCUT2D eigenvalue weighted by Gasteiger charge is 2.56. The summed E-state index contributed by atoms with van der Waals surface area (Å²) in [5.74, 6) is -4.76. The molecule has 0 aromatic rings. The van der Waals surface area contributed by atoms with E-state index in [1.54, 1.807) is 0 Å². The molecule has 11 nitrogen and oxygen atoms in total. The molecule has 5 atom stereocenters. The average Bonchev–Trinajstić information content (AvgIpc) is 2.44. The van der Waals surface area contributed by atoms with Crippen LogP contribution < -0.4 is 5.32 Å². The number of amides is 1. The third kappa shape index (κ3) is 4.31. The van der Waals surface area contributed by atoms with Crippen LogP contribution in [-0.4, -0.2) is 73.5 Å². The highest BCUT2D eigenvalue weighted by atomic mass is 31.2. The Bertz CT molecular complexity index is 512. The number of ether oxygens (including phenoxy) is 1. The minimum absolute atomic E-state index is 0.766. The quantitative estimate of drug-likeness (QED) is 0.281. The van der Waals surface area contributed by atoms with E-state index in [9.17, 15) is 29.5 Å². The second kappa shape index (κ2) is 6.69. The second-order valence-electron chi connectivity index (χ2n) is 4.72. The number of carbonyl (C=O) groups excluding carboxylic acids is 2. The normalized spacial score (nSPS) is 36.5. The fourth-order valence-electron chi connectivity index (χ4n) is 1.98. The smallest absolute Gasteiger partial charge is 0.388 e. The lowest BCUT2D eigenvalue weighted by atomic mass is 9.88. The molecule has 0 aliphatic carbocycles. The molecule has 1 aliphatic heterocycles. The number of hydrogen-bond donors (Lipinski definition) is 6. The van der Waals surface area contributed by atoms with Gasteiger partial charge < -0.3 is 35.2 Å². The third-order valence-corrected chi connectivity index (χ3v) is 3.54. The minimum Gasteiger partial charge on any atom is -0.388 e. The van der Waals surface area contributed by atoms with E-state index in [4.69, 9.17) is 15.9 Å². The van der Waals surface area contributed by atoms with Crippen molar-refractivity contribution in [3.8, 4) is 0 Å². The Morgan fingerprint density at radius 3 is 2.45 bits per heavy atom. The molecule has 0 saturated carbocycles. The highest BCUT2D eigenvalue weighted by Crippen LogP contribution is 2.38. The van der Waals surface area contributed by atoms with Gasteiger partial charge in [-0.3, -0.25) is 14.1 Å². The molecule has 6 N–H and O–H groups in total. The van der Waals surface area contributed by atoms with Gasteiger partial charge >= 0.3 is 7.82 Å². The molecule has 22 heavy (non-hydrogen) atoms. The van der Waals surface area contributed by atoms with E-state index in [2.05, 4.69) is 4.52 Å². The number of phosphoric acid groups is 1. The highest BCUT2D eigenvalue weighted by molar-refractivity contribution is 7.46. The Balaban J connectivity index is 3.03. The molecular weight excluding hydrogens is 325 g/mol. The van der Waals surface area contributed by atoms with Crippen LogP contribution in [0.4, 0.5) is 0 Å². The maximum Gasteiger partial charge on any atom is 0.469 e. The van der Waals surface area contributed by atoms with Gasteiger partial charge in [-0.1, -0.05) is 0 Å². The van der Waals surface area contributed by atoms with Crippen LogP contribution in [0.1, 0.15) is 15.2 Å². The summed E-state index contributed by atoms with van der Waals surface area (Å²) in [6, 6.07) is -1.78. The molecule has 1 amide bonds. The van der Waals surface area contributed by atoms with Gasteiger partial charge in [0.15, 0.2) is 5.78 Å². The van der Waals surface area contributed by atoms with Crippen LogP contribution in [0.5, 0.6) is 0 Å². The standard InChI is InChI=1S/C10H18NO10P/c1-4(12)10(16)9(11-5(2)13)8(15)7(14)6(21-10)3-20-22(17,18)19/h6-9,14-16H,3H2,1-2H3,(H,11,13)(H2,17,18,19)/t6-,7-,8+,9-,10?/m1/s1/i2D. The van der Waals surface area contributed by atoms with E-state index in [0.717, 1.165) is 6.92 Å². The molecule has 128 valence electrons. The molecule has 0 aromatic heterocycles. The van der Waals surface area contributed by atoms with E-state index in [1.807, 2.05) is 5.32 Å². The molecule has 12 heteroatoms. The predicted molar refractivity (Wildman–Crippen MR) is 68.1 cm³/mol. The van der Waals surface area contributed by atoms with Crippen molar-refractivity contribution in [2.75, 3.05) is 6.61 Å². The lowest BCUT2D eigenvalue weighted by molar-refractivity contribution is -0.300. The lowest BCUT2D eigenvalue weighted by Gasteiger charge is -2.46. The average molecular weight is 344 g/mol. The van der Waals surface area contributed by atoms with Crippen molar-refractivity contribution in [1.82, 2.24) is 5.32 Å². The predicted octanol–water partition coefficient (Wildman–Crippen LogP) is -3.00. The molecule has 1 heterocycles. The summed E-state index contributed by atoms with van der Waals surface area (Å²) in [6.45, 7) is -0.819. The first-order valence-corrected chi connectivity index (χ1v) is 7.51. The zero-order chi connectivity index (χ0) is 18.0. The number of phosphoric ester groups is 1. The van der Waals surface area contributed by atoms with Crippen LogP contribution >= 0.6 is 7.82 Å². The molecular formula is C10H18NO10P. The lowest BCUT2D eigenvalue weighted by Crippen LogP contribution is -2.72. The van der Waals surface area contributed by atoms with Crippen LogP contribution in [0.15, 0.2) is 0 Å². The summed E-state index contributed by atoms with van der Waals surface area (Å²) >= 11 is 0. The molecule has 0 aromatic carbocycles. The molecule has 1 rings (SSSR count). The number of carbonyl (C=O) groups is 2. The summed E-state index contributed by atoms with van der Waals surface area (Å²) < 4.78 is 26.6. The van der Waals surface area contributed by atoms with Gasteiger partial charge in [-0.2, -0.15) is 0 Å². The topological polar surface area (TPSA) is 183 Å². The molecule has 1 fully saturated rings. The van der Waals surface area contributed by atoms with Gasteiger partial charge in [0, 0.05) is 15.2 Å². The SMILES string of the molecule is [2H]CC(=O)N[C@@H]1[C@@H](O)[C@H](O)[C@@H](COP(=O)(O)O)OC1(O)C(C)=O. The van der Waals surface area contributed by atoms with E-state index in [0.29, 0.717) is 0 Å². The first kappa shape index (κ1) is 17.4. The Hall–Kier alpha value is -0.910. The first-order valence-electron chi connectivity index (χ1n) is 6.69. The van der Waals surface area contributed by atoms with Crippen LogP contribution in [0.3, 0.4) is 0 Å². The van der Waals surface area contributed by atoms with Crippen molar-refractivity contribution in [2.45, 2.75) is 44.0 Å². The summed E-state index contributed by atoms with van der Waals surface area (Å²) in [7, 11) is -4.92. The Kier molecular flexibility index (Phi) is 5.30. The molecule has 1 aliphatic rings. The molecule has 1 saturated heterocycles. The summed E-state index contributed by atoms with van der Waals surface area (Å²) in [6.07, 6.45) is -5.41. The Morgan fingerprint density at radius 2 is 2.00 bits per heavy atom. The first-order chi connectivity index (χ1) is 10.4. The van der Waals surface area contributed by atoms with Crippen molar-refractivity contribution < 1.29 is 49.9 Å². The Morgan fingerprint density at radius 1 is 1.41 bits per heavy atom.